The Hall–Kier alpha value is -3.27. The molecule has 0 saturated carbocycles. The number of carbonyl (C=O) groups excluding carboxylic acids is 2. The van der Waals surface area contributed by atoms with Gasteiger partial charge in [-0.05, 0) is 51.8 Å². The second-order valence-electron chi connectivity index (χ2n) is 9.04. The standard InChI is InChI=1S/C26H35N3O6S/c1-6-22(26(31)27-18(3)4)28(15-20-10-8-19(5)9-11-20)25(30)16-29(36(32,33)7-2)21-12-13-23-24(14-21)35-17-34-23/h8-14,18,22H,6-7,15-17H2,1-5H3,(H,27,31)/t22-/m1/s1. The van der Waals surface area contributed by atoms with Gasteiger partial charge in [0.15, 0.2) is 11.5 Å². The lowest BCUT2D eigenvalue weighted by Gasteiger charge is -2.33. The van der Waals surface area contributed by atoms with Crippen LogP contribution in [0.3, 0.4) is 0 Å². The number of aryl methyl sites for hydroxylation is 1. The van der Waals surface area contributed by atoms with Crippen LogP contribution in [0.15, 0.2) is 42.5 Å². The number of rotatable bonds is 11. The summed E-state index contributed by atoms with van der Waals surface area (Å²) in [7, 11) is -3.82. The molecule has 1 N–H and O–H groups in total. The minimum absolute atomic E-state index is 0.0473. The molecule has 196 valence electrons. The number of ether oxygens (including phenoxy) is 2. The predicted octanol–water partition coefficient (Wildman–Crippen LogP) is 3.21. The summed E-state index contributed by atoms with van der Waals surface area (Å²) >= 11 is 0. The van der Waals surface area contributed by atoms with Gasteiger partial charge in [-0.1, -0.05) is 36.8 Å². The summed E-state index contributed by atoms with van der Waals surface area (Å²) in [6.07, 6.45) is 0.376. The number of sulfonamides is 1. The van der Waals surface area contributed by atoms with Crippen LogP contribution in [0.5, 0.6) is 11.5 Å². The van der Waals surface area contributed by atoms with E-state index in [2.05, 4.69) is 5.32 Å². The lowest BCUT2D eigenvalue weighted by molar-refractivity contribution is -0.140. The summed E-state index contributed by atoms with van der Waals surface area (Å²) in [4.78, 5) is 28.3. The average Bonchev–Trinajstić information content (AvgIpc) is 3.31. The number of nitrogens with one attached hydrogen (secondary N) is 1. The van der Waals surface area contributed by atoms with Crippen molar-refractivity contribution in [3.05, 3.63) is 53.6 Å². The molecule has 1 aliphatic heterocycles. The second kappa shape index (κ2) is 11.6. The fourth-order valence-corrected chi connectivity index (χ4v) is 5.00. The molecule has 0 saturated heterocycles. The average molecular weight is 518 g/mol. The van der Waals surface area contributed by atoms with E-state index in [1.807, 2.05) is 52.0 Å². The predicted molar refractivity (Wildman–Crippen MR) is 138 cm³/mol. The smallest absolute Gasteiger partial charge is 0.244 e. The van der Waals surface area contributed by atoms with E-state index in [9.17, 15) is 18.0 Å². The van der Waals surface area contributed by atoms with E-state index in [0.717, 1.165) is 15.4 Å². The van der Waals surface area contributed by atoms with Gasteiger partial charge in [0.1, 0.15) is 12.6 Å². The highest BCUT2D eigenvalue weighted by Gasteiger charge is 2.33. The van der Waals surface area contributed by atoms with Crippen LogP contribution in [-0.4, -0.2) is 56.3 Å². The molecule has 0 radical (unpaired) electrons. The zero-order valence-corrected chi connectivity index (χ0v) is 22.3. The van der Waals surface area contributed by atoms with Crippen molar-refractivity contribution in [3.63, 3.8) is 0 Å². The third kappa shape index (κ3) is 6.48. The number of amides is 2. The first-order valence-electron chi connectivity index (χ1n) is 12.1. The normalized spacial score (nSPS) is 13.4. The molecular formula is C26H35N3O6S. The Morgan fingerprint density at radius 3 is 2.31 bits per heavy atom. The summed E-state index contributed by atoms with van der Waals surface area (Å²) < 4.78 is 38.0. The molecule has 36 heavy (non-hydrogen) atoms. The monoisotopic (exact) mass is 517 g/mol. The van der Waals surface area contributed by atoms with E-state index in [-0.39, 0.29) is 31.0 Å². The number of benzene rings is 2. The fraction of sp³-hybridized carbons (Fsp3) is 0.462. The third-order valence-corrected chi connectivity index (χ3v) is 7.66. The van der Waals surface area contributed by atoms with E-state index in [1.165, 1.54) is 11.8 Å². The molecule has 0 bridgehead atoms. The maximum Gasteiger partial charge on any atom is 0.244 e. The maximum atomic E-state index is 13.8. The second-order valence-corrected chi connectivity index (χ2v) is 11.2. The van der Waals surface area contributed by atoms with Crippen molar-refractivity contribution >= 4 is 27.5 Å². The van der Waals surface area contributed by atoms with Gasteiger partial charge < -0.3 is 19.7 Å². The third-order valence-electron chi connectivity index (χ3n) is 5.91. The van der Waals surface area contributed by atoms with Gasteiger partial charge >= 0.3 is 0 Å². The van der Waals surface area contributed by atoms with Crippen LogP contribution in [0, 0.1) is 6.92 Å². The highest BCUT2D eigenvalue weighted by molar-refractivity contribution is 7.92. The molecule has 0 unspecified atom stereocenters. The minimum atomic E-state index is -3.82. The number of anilines is 1. The lowest BCUT2D eigenvalue weighted by atomic mass is 10.1. The van der Waals surface area contributed by atoms with Gasteiger partial charge in [-0.25, -0.2) is 8.42 Å². The number of fused-ring (bicyclic) bond motifs is 1. The van der Waals surface area contributed by atoms with E-state index in [1.54, 1.807) is 18.2 Å². The molecule has 2 amide bonds. The lowest BCUT2D eigenvalue weighted by Crippen LogP contribution is -2.53. The van der Waals surface area contributed by atoms with E-state index < -0.39 is 28.5 Å². The van der Waals surface area contributed by atoms with E-state index in [4.69, 9.17) is 9.47 Å². The quantitative estimate of drug-likeness (QED) is 0.491. The number of hydrogen-bond acceptors (Lipinski definition) is 6. The van der Waals surface area contributed by atoms with Crippen LogP contribution in [0.25, 0.3) is 0 Å². The molecule has 0 aromatic heterocycles. The summed E-state index contributed by atoms with van der Waals surface area (Å²) in [5.74, 6) is -0.0265. The van der Waals surface area contributed by atoms with Gasteiger partial charge in [-0.2, -0.15) is 0 Å². The van der Waals surface area contributed by atoms with E-state index in [0.29, 0.717) is 23.6 Å². The van der Waals surface area contributed by atoms with Gasteiger partial charge in [0.05, 0.1) is 11.4 Å². The molecule has 9 nitrogen and oxygen atoms in total. The first-order chi connectivity index (χ1) is 17.1. The van der Waals surface area contributed by atoms with E-state index >= 15 is 0 Å². The first kappa shape index (κ1) is 27.3. The van der Waals surface area contributed by atoms with Gasteiger partial charge in [0.25, 0.3) is 0 Å². The summed E-state index contributed by atoms with van der Waals surface area (Å²) in [5.41, 5.74) is 2.21. The molecule has 1 atom stereocenters. The molecule has 10 heteroatoms. The molecule has 1 aliphatic rings. The van der Waals surface area contributed by atoms with Crippen LogP contribution in [0.2, 0.25) is 0 Å². The van der Waals surface area contributed by atoms with Crippen LogP contribution in [0.4, 0.5) is 5.69 Å². The number of hydrogen-bond donors (Lipinski definition) is 1. The highest BCUT2D eigenvalue weighted by atomic mass is 32.2. The Labute approximate surface area is 213 Å². The molecule has 0 aliphatic carbocycles. The summed E-state index contributed by atoms with van der Waals surface area (Å²) in [5, 5.41) is 2.88. The Bertz CT molecular complexity index is 1180. The van der Waals surface area contributed by atoms with Crippen LogP contribution >= 0.6 is 0 Å². The SMILES string of the molecule is CC[C@H](C(=O)NC(C)C)N(Cc1ccc(C)cc1)C(=O)CN(c1ccc2c(c1)OCO2)S(=O)(=O)CC. The summed E-state index contributed by atoms with van der Waals surface area (Å²) in [6, 6.07) is 11.6. The number of carbonyl (C=O) groups is 2. The molecule has 0 spiro atoms. The Balaban J connectivity index is 1.97. The van der Waals surface area contributed by atoms with Gasteiger partial charge in [-0.15, -0.1) is 0 Å². The van der Waals surface area contributed by atoms with Gasteiger partial charge in [-0.3, -0.25) is 13.9 Å². The van der Waals surface area contributed by atoms with Crippen molar-refractivity contribution in [2.24, 2.45) is 0 Å². The largest absolute Gasteiger partial charge is 0.454 e. The molecular weight excluding hydrogens is 482 g/mol. The van der Waals surface area contributed by atoms with Crippen molar-refractivity contribution in [2.75, 3.05) is 23.4 Å². The molecule has 0 fully saturated rings. The van der Waals surface area contributed by atoms with Crippen LogP contribution < -0.4 is 19.1 Å². The van der Waals surface area contributed by atoms with Crippen molar-refractivity contribution in [1.82, 2.24) is 10.2 Å². The zero-order chi connectivity index (χ0) is 26.5. The maximum absolute atomic E-state index is 13.8. The van der Waals surface area contributed by atoms with Crippen LogP contribution in [-0.2, 0) is 26.2 Å². The fourth-order valence-electron chi connectivity index (χ4n) is 3.95. The molecule has 2 aromatic carbocycles. The van der Waals surface area contributed by atoms with Crippen molar-refractivity contribution < 1.29 is 27.5 Å². The molecule has 1 heterocycles. The highest BCUT2D eigenvalue weighted by Crippen LogP contribution is 2.36. The van der Waals surface area contributed by atoms with Crippen molar-refractivity contribution in [1.29, 1.82) is 0 Å². The molecule has 3 rings (SSSR count). The number of nitrogens with zero attached hydrogens (tertiary/aromatic N) is 2. The zero-order valence-electron chi connectivity index (χ0n) is 21.5. The summed E-state index contributed by atoms with van der Waals surface area (Å²) in [6.45, 7) is 8.80. The van der Waals surface area contributed by atoms with Gasteiger partial charge in [0, 0.05) is 18.7 Å². The van der Waals surface area contributed by atoms with Gasteiger partial charge in [0.2, 0.25) is 28.6 Å². The Kier molecular flexibility index (Phi) is 8.84. The minimum Gasteiger partial charge on any atom is -0.454 e. The van der Waals surface area contributed by atoms with Crippen molar-refractivity contribution in [3.8, 4) is 11.5 Å². The Morgan fingerprint density at radius 1 is 1.03 bits per heavy atom. The molecule has 2 aromatic rings. The Morgan fingerprint density at radius 2 is 1.69 bits per heavy atom. The topological polar surface area (TPSA) is 105 Å². The van der Waals surface area contributed by atoms with Crippen LogP contribution in [0.1, 0.15) is 45.2 Å². The van der Waals surface area contributed by atoms with Crippen molar-refractivity contribution in [2.45, 2.75) is 59.7 Å². The first-order valence-corrected chi connectivity index (χ1v) is 13.7.